The predicted octanol–water partition coefficient (Wildman–Crippen LogP) is 5.38. The van der Waals surface area contributed by atoms with Crippen molar-refractivity contribution in [3.63, 3.8) is 0 Å². The molecule has 1 fully saturated rings. The standard InChI is InChI=1S/C31H38FN5O2/c1-21(2)36(22(3)4)31(39)24-10-12-25(13-11-24)37(28-9-5-8-27(29(28)32)30(33)38)26-14-17-35(18-15-26)20-23-7-6-16-34-19-23/h5-13,16,19,21-22,26H,14-15,17-18,20H2,1-4H3,(H2,33,38). The van der Waals surface area contributed by atoms with E-state index in [1.807, 2.05) is 61.9 Å². The van der Waals surface area contributed by atoms with E-state index in [9.17, 15) is 9.59 Å². The molecule has 2 amide bonds. The molecule has 3 aromatic rings. The lowest BCUT2D eigenvalue weighted by Crippen LogP contribution is -2.43. The summed E-state index contributed by atoms with van der Waals surface area (Å²) < 4.78 is 15.6. The summed E-state index contributed by atoms with van der Waals surface area (Å²) in [7, 11) is 0. The molecular formula is C31H38FN5O2. The number of piperidine rings is 1. The van der Waals surface area contributed by atoms with E-state index in [1.165, 1.54) is 6.07 Å². The second-order valence-corrected chi connectivity index (χ2v) is 10.7. The number of carbonyl (C=O) groups excluding carboxylic acids is 2. The number of carbonyl (C=O) groups is 2. The minimum absolute atomic E-state index is 0.00264. The number of nitrogens with zero attached hydrogens (tertiary/aromatic N) is 4. The lowest BCUT2D eigenvalue weighted by atomic mass is 9.99. The molecule has 1 saturated heterocycles. The Morgan fingerprint density at radius 3 is 2.23 bits per heavy atom. The minimum atomic E-state index is -0.802. The van der Waals surface area contributed by atoms with Crippen molar-refractivity contribution < 1.29 is 14.0 Å². The van der Waals surface area contributed by atoms with E-state index in [4.69, 9.17) is 5.73 Å². The van der Waals surface area contributed by atoms with Crippen LogP contribution in [0.4, 0.5) is 15.8 Å². The number of benzene rings is 2. The molecule has 0 bridgehead atoms. The smallest absolute Gasteiger partial charge is 0.254 e. The molecular weight excluding hydrogens is 493 g/mol. The van der Waals surface area contributed by atoms with Gasteiger partial charge in [-0.25, -0.2) is 4.39 Å². The summed E-state index contributed by atoms with van der Waals surface area (Å²) in [5.74, 6) is -1.47. The third kappa shape index (κ3) is 6.45. The topological polar surface area (TPSA) is 82.8 Å². The van der Waals surface area contributed by atoms with Gasteiger partial charge in [-0.1, -0.05) is 12.1 Å². The number of aromatic nitrogens is 1. The Kier molecular flexibility index (Phi) is 8.97. The van der Waals surface area contributed by atoms with Crippen molar-refractivity contribution in [2.75, 3.05) is 18.0 Å². The molecule has 0 radical (unpaired) electrons. The van der Waals surface area contributed by atoms with Crippen molar-refractivity contribution in [1.82, 2.24) is 14.8 Å². The van der Waals surface area contributed by atoms with Crippen molar-refractivity contribution in [2.24, 2.45) is 5.73 Å². The Hall–Kier alpha value is -3.78. The van der Waals surface area contributed by atoms with Gasteiger partial charge in [-0.2, -0.15) is 0 Å². The number of halogens is 1. The molecule has 206 valence electrons. The van der Waals surface area contributed by atoms with Gasteiger partial charge in [0.25, 0.3) is 11.8 Å². The predicted molar refractivity (Wildman–Crippen MR) is 152 cm³/mol. The third-order valence-corrected chi connectivity index (χ3v) is 7.29. The zero-order chi connectivity index (χ0) is 28.1. The van der Waals surface area contributed by atoms with E-state index in [2.05, 4.69) is 16.0 Å². The van der Waals surface area contributed by atoms with Crippen LogP contribution in [0.5, 0.6) is 0 Å². The van der Waals surface area contributed by atoms with Gasteiger partial charge < -0.3 is 15.5 Å². The average Bonchev–Trinajstić information content (AvgIpc) is 2.91. The van der Waals surface area contributed by atoms with Crippen LogP contribution in [0.15, 0.2) is 67.0 Å². The molecule has 2 aromatic carbocycles. The number of nitrogens with two attached hydrogens (primary N) is 1. The van der Waals surface area contributed by atoms with E-state index in [1.54, 1.807) is 30.5 Å². The number of pyridine rings is 1. The van der Waals surface area contributed by atoms with Gasteiger partial charge in [0.2, 0.25) is 0 Å². The largest absolute Gasteiger partial charge is 0.366 e. The zero-order valence-corrected chi connectivity index (χ0v) is 23.2. The maximum absolute atomic E-state index is 15.6. The van der Waals surface area contributed by atoms with E-state index in [-0.39, 0.29) is 29.6 Å². The van der Waals surface area contributed by atoms with E-state index >= 15 is 4.39 Å². The Morgan fingerprint density at radius 2 is 1.67 bits per heavy atom. The van der Waals surface area contributed by atoms with E-state index in [0.29, 0.717) is 11.3 Å². The summed E-state index contributed by atoms with van der Waals surface area (Å²) in [5.41, 5.74) is 8.14. The van der Waals surface area contributed by atoms with Crippen molar-refractivity contribution >= 4 is 23.2 Å². The first kappa shape index (κ1) is 28.2. The van der Waals surface area contributed by atoms with Crippen LogP contribution in [0.3, 0.4) is 0 Å². The molecule has 1 aromatic heterocycles. The molecule has 7 nitrogen and oxygen atoms in total. The normalized spacial score (nSPS) is 14.5. The quantitative estimate of drug-likeness (QED) is 0.401. The SMILES string of the molecule is CC(C)N(C(=O)c1ccc(N(c2cccc(C(N)=O)c2F)C2CCN(Cc3cccnc3)CC2)cc1)C(C)C. The number of anilines is 2. The highest BCUT2D eigenvalue weighted by atomic mass is 19.1. The van der Waals surface area contributed by atoms with Gasteiger partial charge in [0.05, 0.1) is 11.3 Å². The van der Waals surface area contributed by atoms with Crippen LogP contribution in [0.25, 0.3) is 0 Å². The first-order chi connectivity index (χ1) is 18.7. The summed E-state index contributed by atoms with van der Waals surface area (Å²) >= 11 is 0. The molecule has 39 heavy (non-hydrogen) atoms. The summed E-state index contributed by atoms with van der Waals surface area (Å²) in [6, 6.07) is 16.2. The van der Waals surface area contributed by atoms with Gasteiger partial charge in [-0.3, -0.25) is 19.5 Å². The molecule has 4 rings (SSSR count). The Bertz CT molecular complexity index is 1260. The van der Waals surface area contributed by atoms with Gasteiger partial charge in [0, 0.05) is 61.4 Å². The van der Waals surface area contributed by atoms with Crippen LogP contribution >= 0.6 is 0 Å². The van der Waals surface area contributed by atoms with Crippen LogP contribution in [0.1, 0.15) is 66.8 Å². The fourth-order valence-electron chi connectivity index (χ4n) is 5.51. The highest BCUT2D eigenvalue weighted by Gasteiger charge is 2.29. The molecule has 2 N–H and O–H groups in total. The summed E-state index contributed by atoms with van der Waals surface area (Å²) in [6.07, 6.45) is 5.25. The average molecular weight is 532 g/mol. The summed E-state index contributed by atoms with van der Waals surface area (Å²) in [6.45, 7) is 10.5. The fraction of sp³-hybridized carbons (Fsp3) is 0.387. The Labute approximate surface area is 230 Å². The first-order valence-corrected chi connectivity index (χ1v) is 13.6. The van der Waals surface area contributed by atoms with Crippen molar-refractivity contribution in [3.05, 3.63) is 89.5 Å². The molecule has 2 heterocycles. The van der Waals surface area contributed by atoms with Gasteiger partial charge in [0.15, 0.2) is 5.82 Å². The number of rotatable bonds is 9. The Morgan fingerprint density at radius 1 is 1.00 bits per heavy atom. The lowest BCUT2D eigenvalue weighted by molar-refractivity contribution is 0.0643. The number of likely N-dealkylation sites (tertiary alicyclic amines) is 1. The highest BCUT2D eigenvalue weighted by molar-refractivity contribution is 5.96. The fourth-order valence-corrected chi connectivity index (χ4v) is 5.51. The number of amides is 2. The molecule has 0 saturated carbocycles. The monoisotopic (exact) mass is 531 g/mol. The Balaban J connectivity index is 1.63. The van der Waals surface area contributed by atoms with E-state index < -0.39 is 11.7 Å². The van der Waals surface area contributed by atoms with Crippen LogP contribution in [0, 0.1) is 5.82 Å². The van der Waals surface area contributed by atoms with Crippen molar-refractivity contribution in [2.45, 2.75) is 65.2 Å². The number of hydrogen-bond donors (Lipinski definition) is 1. The van der Waals surface area contributed by atoms with Crippen LogP contribution in [-0.2, 0) is 6.54 Å². The van der Waals surface area contributed by atoms with Gasteiger partial charge in [-0.15, -0.1) is 0 Å². The second kappa shape index (κ2) is 12.4. The zero-order valence-electron chi connectivity index (χ0n) is 23.2. The molecule has 0 atom stereocenters. The number of primary amides is 1. The maximum Gasteiger partial charge on any atom is 0.254 e. The molecule has 0 unspecified atom stereocenters. The summed E-state index contributed by atoms with van der Waals surface area (Å²) in [4.78, 5) is 35.6. The van der Waals surface area contributed by atoms with Gasteiger partial charge in [0.1, 0.15) is 0 Å². The number of hydrogen-bond acceptors (Lipinski definition) is 5. The van der Waals surface area contributed by atoms with Crippen molar-refractivity contribution in [3.8, 4) is 0 Å². The third-order valence-electron chi connectivity index (χ3n) is 7.29. The maximum atomic E-state index is 15.6. The van der Waals surface area contributed by atoms with Crippen LogP contribution in [0.2, 0.25) is 0 Å². The van der Waals surface area contributed by atoms with Crippen LogP contribution < -0.4 is 10.6 Å². The molecule has 1 aliphatic heterocycles. The lowest BCUT2D eigenvalue weighted by Gasteiger charge is -2.40. The molecule has 8 heteroatoms. The molecule has 0 spiro atoms. The highest BCUT2D eigenvalue weighted by Crippen LogP contribution is 2.35. The van der Waals surface area contributed by atoms with Gasteiger partial charge in [-0.05, 0) is 88.6 Å². The summed E-state index contributed by atoms with van der Waals surface area (Å²) in [5, 5.41) is 0. The van der Waals surface area contributed by atoms with Crippen LogP contribution in [-0.4, -0.2) is 57.8 Å². The second-order valence-electron chi connectivity index (χ2n) is 10.7. The minimum Gasteiger partial charge on any atom is -0.366 e. The van der Waals surface area contributed by atoms with Gasteiger partial charge >= 0.3 is 0 Å². The molecule has 1 aliphatic rings. The molecule has 0 aliphatic carbocycles. The van der Waals surface area contributed by atoms with E-state index in [0.717, 1.165) is 43.7 Å². The first-order valence-electron chi connectivity index (χ1n) is 13.6. The van der Waals surface area contributed by atoms with Crippen molar-refractivity contribution in [1.29, 1.82) is 0 Å².